The second-order valence-corrected chi connectivity index (χ2v) is 3.75. The number of benzene rings is 1. The van der Waals surface area contributed by atoms with Crippen molar-refractivity contribution in [1.82, 2.24) is 4.90 Å². The topological polar surface area (TPSA) is 46.6 Å². The molecule has 2 rings (SSSR count). The summed E-state index contributed by atoms with van der Waals surface area (Å²) in [5.41, 5.74) is 0.915. The van der Waals surface area contributed by atoms with Crippen molar-refractivity contribution in [3.8, 4) is 5.75 Å². The minimum absolute atomic E-state index is 0.139. The fourth-order valence-electron chi connectivity index (χ4n) is 1.64. The highest BCUT2D eigenvalue weighted by Crippen LogP contribution is 2.15. The number of ether oxygens (including phenoxy) is 1. The van der Waals surface area contributed by atoms with E-state index >= 15 is 0 Å². The van der Waals surface area contributed by atoms with E-state index in [0.717, 1.165) is 11.3 Å². The maximum absolute atomic E-state index is 11.3. The van der Waals surface area contributed by atoms with Crippen molar-refractivity contribution in [1.29, 1.82) is 0 Å². The molecule has 17 heavy (non-hydrogen) atoms. The molecule has 0 unspecified atom stereocenters. The monoisotopic (exact) mass is 231 g/mol. The molecule has 88 valence electrons. The van der Waals surface area contributed by atoms with Crippen molar-refractivity contribution in [3.63, 3.8) is 0 Å². The number of imide groups is 1. The van der Waals surface area contributed by atoms with Gasteiger partial charge in [0.25, 0.3) is 0 Å². The van der Waals surface area contributed by atoms with Crippen molar-refractivity contribution < 1.29 is 14.3 Å². The van der Waals surface area contributed by atoms with Gasteiger partial charge in [0.15, 0.2) is 0 Å². The minimum atomic E-state index is -0.139. The van der Waals surface area contributed by atoms with Gasteiger partial charge < -0.3 is 4.74 Å². The summed E-state index contributed by atoms with van der Waals surface area (Å²) in [5.74, 6) is 0.495. The van der Waals surface area contributed by atoms with E-state index in [0.29, 0.717) is 12.8 Å². The normalized spacial score (nSPS) is 15.9. The number of rotatable bonds is 3. The molecule has 0 radical (unpaired) electrons. The Labute approximate surface area is 99.5 Å². The third kappa shape index (κ3) is 2.53. The van der Waals surface area contributed by atoms with Crippen molar-refractivity contribution in [3.05, 3.63) is 36.0 Å². The number of carbonyl (C=O) groups excluding carboxylic acids is 2. The van der Waals surface area contributed by atoms with Crippen LogP contribution in [-0.2, 0) is 9.59 Å². The number of likely N-dealkylation sites (tertiary alicyclic amines) is 1. The van der Waals surface area contributed by atoms with Gasteiger partial charge in [-0.25, -0.2) is 0 Å². The quantitative estimate of drug-likeness (QED) is 0.745. The molecule has 1 aliphatic heterocycles. The largest absolute Gasteiger partial charge is 0.497 e. The summed E-state index contributed by atoms with van der Waals surface area (Å²) >= 11 is 0. The molecule has 0 aromatic heterocycles. The zero-order valence-electron chi connectivity index (χ0n) is 9.55. The van der Waals surface area contributed by atoms with E-state index < -0.39 is 0 Å². The molecule has 1 saturated heterocycles. The first kappa shape index (κ1) is 11.4. The van der Waals surface area contributed by atoms with E-state index in [-0.39, 0.29) is 11.8 Å². The van der Waals surface area contributed by atoms with Gasteiger partial charge in [-0.2, -0.15) is 0 Å². The molecule has 0 bridgehead atoms. The Balaban J connectivity index is 2.09. The highest BCUT2D eigenvalue weighted by Gasteiger charge is 2.26. The number of hydrogen-bond donors (Lipinski definition) is 0. The highest BCUT2D eigenvalue weighted by molar-refractivity contribution is 6.03. The molecule has 1 fully saturated rings. The van der Waals surface area contributed by atoms with Crippen LogP contribution < -0.4 is 4.74 Å². The zero-order chi connectivity index (χ0) is 12.3. The van der Waals surface area contributed by atoms with E-state index in [2.05, 4.69) is 0 Å². The van der Waals surface area contributed by atoms with Gasteiger partial charge in [0.1, 0.15) is 5.75 Å². The summed E-state index contributed by atoms with van der Waals surface area (Å²) in [6.07, 6.45) is 3.89. The fraction of sp³-hybridized carbons (Fsp3) is 0.231. The van der Waals surface area contributed by atoms with Gasteiger partial charge in [0.2, 0.25) is 11.8 Å². The van der Waals surface area contributed by atoms with Crippen molar-refractivity contribution in [2.24, 2.45) is 0 Å². The molecule has 2 amide bonds. The van der Waals surface area contributed by atoms with Crippen LogP contribution in [0.4, 0.5) is 0 Å². The summed E-state index contributed by atoms with van der Waals surface area (Å²) in [6.45, 7) is 0. The Hall–Kier alpha value is -2.10. The van der Waals surface area contributed by atoms with E-state index in [4.69, 9.17) is 4.74 Å². The van der Waals surface area contributed by atoms with Crippen LogP contribution in [0.2, 0.25) is 0 Å². The molecule has 4 heteroatoms. The predicted octanol–water partition coefficient (Wildman–Crippen LogP) is 1.81. The van der Waals surface area contributed by atoms with E-state index in [1.807, 2.05) is 24.3 Å². The van der Waals surface area contributed by atoms with Gasteiger partial charge >= 0.3 is 0 Å². The Morgan fingerprint density at radius 2 is 1.71 bits per heavy atom. The standard InChI is InChI=1S/C13H13NO3/c1-17-11-4-2-10(3-5-11)8-9-14-12(15)6-7-13(14)16/h2-5,8-9H,6-7H2,1H3. The molecule has 1 aromatic carbocycles. The molecule has 0 aliphatic carbocycles. The van der Waals surface area contributed by atoms with Crippen molar-refractivity contribution >= 4 is 17.9 Å². The van der Waals surface area contributed by atoms with Crippen LogP contribution in [0.3, 0.4) is 0 Å². The Bertz CT molecular complexity index is 446. The van der Waals surface area contributed by atoms with Gasteiger partial charge in [-0.1, -0.05) is 12.1 Å². The molecule has 0 spiro atoms. The molecule has 1 aliphatic rings. The van der Waals surface area contributed by atoms with Crippen LogP contribution >= 0.6 is 0 Å². The lowest BCUT2D eigenvalue weighted by Gasteiger charge is -2.06. The zero-order valence-corrected chi connectivity index (χ0v) is 9.55. The van der Waals surface area contributed by atoms with E-state index in [9.17, 15) is 9.59 Å². The van der Waals surface area contributed by atoms with Crippen LogP contribution in [0.1, 0.15) is 18.4 Å². The Morgan fingerprint density at radius 1 is 1.12 bits per heavy atom. The Kier molecular flexibility index (Phi) is 3.23. The second kappa shape index (κ2) is 4.82. The molecule has 4 nitrogen and oxygen atoms in total. The number of carbonyl (C=O) groups is 2. The van der Waals surface area contributed by atoms with Crippen LogP contribution in [0, 0.1) is 0 Å². The first-order valence-electron chi connectivity index (χ1n) is 5.38. The van der Waals surface area contributed by atoms with Crippen LogP contribution in [0.15, 0.2) is 30.5 Å². The lowest BCUT2D eigenvalue weighted by molar-refractivity contribution is -0.135. The lowest BCUT2D eigenvalue weighted by Crippen LogP contribution is -2.22. The van der Waals surface area contributed by atoms with E-state index in [1.54, 1.807) is 13.2 Å². The third-order valence-electron chi connectivity index (χ3n) is 2.62. The van der Waals surface area contributed by atoms with Crippen molar-refractivity contribution in [2.45, 2.75) is 12.8 Å². The average Bonchev–Trinajstić information content (AvgIpc) is 2.67. The van der Waals surface area contributed by atoms with Crippen molar-refractivity contribution in [2.75, 3.05) is 7.11 Å². The summed E-state index contributed by atoms with van der Waals surface area (Å²) in [6, 6.07) is 7.38. The Morgan fingerprint density at radius 3 is 2.24 bits per heavy atom. The first-order chi connectivity index (χ1) is 8.20. The SMILES string of the molecule is COc1ccc(C=CN2C(=O)CCC2=O)cc1. The van der Waals surface area contributed by atoms with Crippen LogP contribution in [0.5, 0.6) is 5.75 Å². The second-order valence-electron chi connectivity index (χ2n) is 3.75. The number of nitrogens with zero attached hydrogens (tertiary/aromatic N) is 1. The smallest absolute Gasteiger partial charge is 0.233 e. The number of amides is 2. The predicted molar refractivity (Wildman–Crippen MR) is 63.1 cm³/mol. The summed E-state index contributed by atoms with van der Waals surface area (Å²) in [4.78, 5) is 23.9. The molecule has 0 atom stereocenters. The maximum atomic E-state index is 11.3. The first-order valence-corrected chi connectivity index (χ1v) is 5.38. The van der Waals surface area contributed by atoms with Gasteiger partial charge in [-0.3, -0.25) is 14.5 Å². The molecular weight excluding hydrogens is 218 g/mol. The minimum Gasteiger partial charge on any atom is -0.497 e. The summed E-state index contributed by atoms with van der Waals surface area (Å²) < 4.78 is 5.04. The maximum Gasteiger partial charge on any atom is 0.233 e. The van der Waals surface area contributed by atoms with E-state index in [1.165, 1.54) is 11.1 Å². The molecule has 1 heterocycles. The lowest BCUT2D eigenvalue weighted by atomic mass is 10.2. The number of methoxy groups -OCH3 is 1. The molecule has 0 N–H and O–H groups in total. The number of hydrogen-bond acceptors (Lipinski definition) is 3. The molecule has 0 saturated carbocycles. The van der Waals surface area contributed by atoms with Gasteiger partial charge in [0, 0.05) is 19.0 Å². The van der Waals surface area contributed by atoms with Gasteiger partial charge in [-0.05, 0) is 23.8 Å². The molecular formula is C13H13NO3. The highest BCUT2D eigenvalue weighted by atomic mass is 16.5. The van der Waals surface area contributed by atoms with Gasteiger partial charge in [0.05, 0.1) is 7.11 Å². The molecule has 1 aromatic rings. The third-order valence-corrected chi connectivity index (χ3v) is 2.62. The summed E-state index contributed by atoms with van der Waals surface area (Å²) in [7, 11) is 1.60. The van der Waals surface area contributed by atoms with Crippen LogP contribution in [0.25, 0.3) is 6.08 Å². The average molecular weight is 231 g/mol. The fourth-order valence-corrected chi connectivity index (χ4v) is 1.64. The van der Waals surface area contributed by atoms with Gasteiger partial charge in [-0.15, -0.1) is 0 Å². The van der Waals surface area contributed by atoms with Crippen LogP contribution in [-0.4, -0.2) is 23.8 Å². The summed E-state index contributed by atoms with van der Waals surface area (Å²) in [5, 5.41) is 0.